The van der Waals surface area contributed by atoms with E-state index in [1.54, 1.807) is 12.1 Å². The third-order valence-electron chi connectivity index (χ3n) is 3.54. The Morgan fingerprint density at radius 3 is 2.05 bits per heavy atom. The molecule has 0 aromatic heterocycles. The number of aromatic hydroxyl groups is 4. The van der Waals surface area contributed by atoms with E-state index >= 15 is 0 Å². The molecule has 0 bridgehead atoms. The van der Waals surface area contributed by atoms with Gasteiger partial charge in [0.05, 0.1) is 6.54 Å². The number of rotatable bonds is 2. The molecule has 0 aliphatic rings. The zero-order valence-corrected chi connectivity index (χ0v) is 11.2. The normalized spacial score (nSPS) is 10.7. The summed E-state index contributed by atoms with van der Waals surface area (Å²) in [5.41, 5.74) is 8.75. The predicted molar refractivity (Wildman–Crippen MR) is 81.0 cm³/mol. The molecule has 0 aliphatic carbocycles. The number of fused-ring (bicyclic) bond motifs is 2. The third kappa shape index (κ3) is 2.06. The summed E-state index contributed by atoms with van der Waals surface area (Å²) in [6.45, 7) is -0.122. The van der Waals surface area contributed by atoms with E-state index in [1.807, 2.05) is 0 Å². The van der Waals surface area contributed by atoms with Gasteiger partial charge in [-0.05, 0) is 57.4 Å². The first kappa shape index (κ1) is 13.7. The standard InChI is InChI=1S/C15H11N3O4/c16-18-17-6-11-10-2-8-4-13(20)12(19)3-7(8)1-9(10)5-14(21)15(11)22/h1-5,19-22H,6H2. The Balaban J connectivity index is 2.41. The maximum absolute atomic E-state index is 9.97. The average Bonchev–Trinajstić information content (AvgIpc) is 2.48. The van der Waals surface area contributed by atoms with Crippen molar-refractivity contribution in [2.75, 3.05) is 0 Å². The molecular weight excluding hydrogens is 286 g/mol. The van der Waals surface area contributed by atoms with Crippen LogP contribution in [0, 0.1) is 0 Å². The van der Waals surface area contributed by atoms with Crippen LogP contribution >= 0.6 is 0 Å². The summed E-state index contributed by atoms with van der Waals surface area (Å²) in [6, 6.07) is 7.56. The molecule has 3 rings (SSSR count). The molecule has 3 aromatic rings. The Hall–Kier alpha value is -3.31. The summed E-state index contributed by atoms with van der Waals surface area (Å²) in [7, 11) is 0. The van der Waals surface area contributed by atoms with Gasteiger partial charge in [-0.15, -0.1) is 0 Å². The molecule has 4 N–H and O–H groups in total. The Morgan fingerprint density at radius 2 is 1.41 bits per heavy atom. The van der Waals surface area contributed by atoms with Crippen molar-refractivity contribution in [1.29, 1.82) is 0 Å². The van der Waals surface area contributed by atoms with Crippen molar-refractivity contribution in [2.24, 2.45) is 5.11 Å². The van der Waals surface area contributed by atoms with Crippen molar-refractivity contribution in [3.63, 3.8) is 0 Å². The Kier molecular flexibility index (Phi) is 3.05. The zero-order chi connectivity index (χ0) is 15.9. The molecule has 0 spiro atoms. The van der Waals surface area contributed by atoms with Crippen LogP contribution in [0.3, 0.4) is 0 Å². The van der Waals surface area contributed by atoms with Gasteiger partial charge in [0.1, 0.15) is 0 Å². The second kappa shape index (κ2) is 4.91. The van der Waals surface area contributed by atoms with Gasteiger partial charge in [-0.3, -0.25) is 0 Å². The summed E-state index contributed by atoms with van der Waals surface area (Å²) in [4.78, 5) is 2.66. The molecular formula is C15H11N3O4. The van der Waals surface area contributed by atoms with Crippen LogP contribution in [0.2, 0.25) is 0 Å². The maximum atomic E-state index is 9.97. The molecule has 0 radical (unpaired) electrons. The first-order chi connectivity index (χ1) is 10.5. The Bertz CT molecular complexity index is 962. The van der Waals surface area contributed by atoms with E-state index in [9.17, 15) is 20.4 Å². The van der Waals surface area contributed by atoms with E-state index in [1.165, 1.54) is 18.2 Å². The van der Waals surface area contributed by atoms with Crippen LogP contribution in [0.25, 0.3) is 32.0 Å². The third-order valence-corrected chi connectivity index (χ3v) is 3.54. The van der Waals surface area contributed by atoms with Crippen LogP contribution < -0.4 is 0 Å². The van der Waals surface area contributed by atoms with Gasteiger partial charge in [-0.25, -0.2) is 0 Å². The van der Waals surface area contributed by atoms with Crippen LogP contribution in [0.15, 0.2) is 35.4 Å². The van der Waals surface area contributed by atoms with E-state index in [2.05, 4.69) is 10.0 Å². The molecule has 3 aromatic carbocycles. The van der Waals surface area contributed by atoms with E-state index < -0.39 is 0 Å². The zero-order valence-electron chi connectivity index (χ0n) is 11.2. The Labute approximate surface area is 123 Å². The van der Waals surface area contributed by atoms with Crippen LogP contribution in [0.4, 0.5) is 0 Å². The van der Waals surface area contributed by atoms with Crippen LogP contribution in [0.1, 0.15) is 5.56 Å². The Morgan fingerprint density at radius 1 is 0.818 bits per heavy atom. The number of nitrogens with zero attached hydrogens (tertiary/aromatic N) is 3. The molecule has 7 heteroatoms. The van der Waals surface area contributed by atoms with Gasteiger partial charge in [0.15, 0.2) is 23.0 Å². The lowest BCUT2D eigenvalue weighted by molar-refractivity contribution is 0.401. The summed E-state index contributed by atoms with van der Waals surface area (Å²) in [5, 5.41) is 44.8. The average molecular weight is 297 g/mol. The fraction of sp³-hybridized carbons (Fsp3) is 0.0667. The molecule has 0 amide bonds. The molecule has 0 saturated carbocycles. The summed E-state index contributed by atoms with van der Waals surface area (Å²) >= 11 is 0. The van der Waals surface area contributed by atoms with Gasteiger partial charge < -0.3 is 20.4 Å². The van der Waals surface area contributed by atoms with Crippen molar-refractivity contribution in [3.05, 3.63) is 46.3 Å². The SMILES string of the molecule is [N-]=[N+]=NCc1c(O)c(O)cc2cc3cc(O)c(O)cc3cc12. The monoisotopic (exact) mass is 297 g/mol. The van der Waals surface area contributed by atoms with Crippen molar-refractivity contribution < 1.29 is 20.4 Å². The molecule has 0 fully saturated rings. The highest BCUT2D eigenvalue weighted by atomic mass is 16.3. The highest BCUT2D eigenvalue weighted by molar-refractivity contribution is 6.02. The number of hydrogen-bond acceptors (Lipinski definition) is 5. The number of phenolic OH excluding ortho intramolecular Hbond substituents is 4. The number of azide groups is 1. The highest BCUT2D eigenvalue weighted by Gasteiger charge is 2.13. The van der Waals surface area contributed by atoms with E-state index in [4.69, 9.17) is 5.53 Å². The van der Waals surface area contributed by atoms with Gasteiger partial charge in [0, 0.05) is 10.5 Å². The smallest absolute Gasteiger partial charge is 0.161 e. The second-order valence-corrected chi connectivity index (χ2v) is 4.87. The minimum absolute atomic E-state index is 0.122. The van der Waals surface area contributed by atoms with Gasteiger partial charge in [-0.1, -0.05) is 5.11 Å². The van der Waals surface area contributed by atoms with Crippen molar-refractivity contribution in [2.45, 2.75) is 6.54 Å². The summed E-state index contributed by atoms with van der Waals surface area (Å²) in [6.07, 6.45) is 0. The quantitative estimate of drug-likeness (QED) is 0.189. The van der Waals surface area contributed by atoms with Gasteiger partial charge in [0.2, 0.25) is 0 Å². The van der Waals surface area contributed by atoms with Crippen molar-refractivity contribution >= 4 is 21.5 Å². The molecule has 0 saturated heterocycles. The van der Waals surface area contributed by atoms with Gasteiger partial charge >= 0.3 is 0 Å². The van der Waals surface area contributed by atoms with Gasteiger partial charge in [0.25, 0.3) is 0 Å². The minimum Gasteiger partial charge on any atom is -0.504 e. The molecule has 0 unspecified atom stereocenters. The predicted octanol–water partition coefficient (Wildman–Crippen LogP) is 3.63. The van der Waals surface area contributed by atoms with Crippen molar-refractivity contribution in [1.82, 2.24) is 0 Å². The van der Waals surface area contributed by atoms with Crippen LogP contribution in [-0.2, 0) is 6.54 Å². The fourth-order valence-electron chi connectivity index (χ4n) is 2.48. The molecule has 22 heavy (non-hydrogen) atoms. The molecule has 0 atom stereocenters. The highest BCUT2D eigenvalue weighted by Crippen LogP contribution is 2.39. The largest absolute Gasteiger partial charge is 0.504 e. The number of benzene rings is 3. The second-order valence-electron chi connectivity index (χ2n) is 4.87. The van der Waals surface area contributed by atoms with E-state index in [-0.39, 0.29) is 29.5 Å². The number of phenols is 4. The van der Waals surface area contributed by atoms with Crippen LogP contribution in [0.5, 0.6) is 23.0 Å². The molecule has 0 heterocycles. The van der Waals surface area contributed by atoms with Gasteiger partial charge in [-0.2, -0.15) is 0 Å². The molecule has 0 aliphatic heterocycles. The first-order valence-corrected chi connectivity index (χ1v) is 6.35. The lowest BCUT2D eigenvalue weighted by Gasteiger charge is -2.11. The molecule has 110 valence electrons. The lowest BCUT2D eigenvalue weighted by atomic mass is 9.98. The van der Waals surface area contributed by atoms with Crippen molar-refractivity contribution in [3.8, 4) is 23.0 Å². The topological polar surface area (TPSA) is 130 Å². The summed E-state index contributed by atoms with van der Waals surface area (Å²) < 4.78 is 0. The molecule has 7 nitrogen and oxygen atoms in total. The fourth-order valence-corrected chi connectivity index (χ4v) is 2.48. The maximum Gasteiger partial charge on any atom is 0.161 e. The van der Waals surface area contributed by atoms with E-state index in [0.717, 1.165) is 0 Å². The number of hydrogen-bond donors (Lipinski definition) is 4. The lowest BCUT2D eigenvalue weighted by Crippen LogP contribution is -1.88. The first-order valence-electron chi connectivity index (χ1n) is 6.35. The summed E-state index contributed by atoms with van der Waals surface area (Å²) in [5.74, 6) is -1.17. The minimum atomic E-state index is -0.345. The van der Waals surface area contributed by atoms with Crippen LogP contribution in [-0.4, -0.2) is 20.4 Å². The van der Waals surface area contributed by atoms with E-state index in [0.29, 0.717) is 27.1 Å².